The van der Waals surface area contributed by atoms with E-state index in [1.165, 1.54) is 6.07 Å². The Morgan fingerprint density at radius 2 is 2.00 bits per heavy atom. The van der Waals surface area contributed by atoms with Crippen molar-refractivity contribution in [2.45, 2.75) is 20.4 Å². The molecule has 2 rings (SSSR count). The first-order chi connectivity index (χ1) is 8.49. The van der Waals surface area contributed by atoms with Crippen LogP contribution in [-0.2, 0) is 6.54 Å². The molecule has 1 aromatic rings. The van der Waals surface area contributed by atoms with Gasteiger partial charge in [0.25, 0.3) is 5.69 Å². The molecule has 1 aromatic carbocycles. The van der Waals surface area contributed by atoms with Crippen molar-refractivity contribution in [3.8, 4) is 0 Å². The maximum Gasteiger partial charge on any atom is 0.292 e. The van der Waals surface area contributed by atoms with Gasteiger partial charge in [-0.1, -0.05) is 26.0 Å². The van der Waals surface area contributed by atoms with Crippen LogP contribution in [0.2, 0.25) is 0 Å². The largest absolute Gasteiger partial charge is 0.393 e. The first kappa shape index (κ1) is 12.8. The van der Waals surface area contributed by atoms with Gasteiger partial charge in [0.15, 0.2) is 0 Å². The van der Waals surface area contributed by atoms with E-state index in [0.29, 0.717) is 24.1 Å². The minimum Gasteiger partial charge on any atom is -0.393 e. The standard InChI is InChI=1S/C13H19N3O2/c1-9-6-15(7-10(9)2)8-11-4-3-5-12(13(11)14)16(17)18/h3-5,9-10H,6-8,14H2,1-2H3. The van der Waals surface area contributed by atoms with Gasteiger partial charge in [-0.15, -0.1) is 0 Å². The predicted octanol–water partition coefficient (Wildman–Crippen LogP) is 2.26. The van der Waals surface area contributed by atoms with E-state index in [1.54, 1.807) is 6.07 Å². The molecule has 1 saturated heterocycles. The number of hydrogen-bond donors (Lipinski definition) is 1. The fraction of sp³-hybridized carbons (Fsp3) is 0.538. The third-order valence-electron chi connectivity index (χ3n) is 3.83. The minimum atomic E-state index is -0.423. The van der Waals surface area contributed by atoms with Crippen molar-refractivity contribution in [2.24, 2.45) is 11.8 Å². The number of nitrogens with two attached hydrogens (primary N) is 1. The van der Waals surface area contributed by atoms with Crippen LogP contribution < -0.4 is 5.73 Å². The zero-order chi connectivity index (χ0) is 13.3. The van der Waals surface area contributed by atoms with Gasteiger partial charge in [-0.25, -0.2) is 0 Å². The SMILES string of the molecule is CC1CN(Cc2cccc([N+](=O)[O-])c2N)CC1C. The molecule has 0 bridgehead atoms. The highest BCUT2D eigenvalue weighted by molar-refractivity contribution is 5.62. The van der Waals surface area contributed by atoms with Crippen molar-refractivity contribution in [2.75, 3.05) is 18.8 Å². The fourth-order valence-corrected chi connectivity index (χ4v) is 2.52. The molecular formula is C13H19N3O2. The highest BCUT2D eigenvalue weighted by atomic mass is 16.6. The summed E-state index contributed by atoms with van der Waals surface area (Å²) >= 11 is 0. The van der Waals surface area contributed by atoms with Crippen LogP contribution in [0, 0.1) is 22.0 Å². The third kappa shape index (κ3) is 2.46. The first-order valence-electron chi connectivity index (χ1n) is 6.23. The Hall–Kier alpha value is -1.62. The Bertz CT molecular complexity index is 452. The maximum atomic E-state index is 10.8. The minimum absolute atomic E-state index is 0.00722. The van der Waals surface area contributed by atoms with Gasteiger partial charge in [0.1, 0.15) is 5.69 Å². The smallest absolute Gasteiger partial charge is 0.292 e. The van der Waals surface area contributed by atoms with Crippen molar-refractivity contribution in [1.82, 2.24) is 4.90 Å². The molecule has 1 fully saturated rings. The van der Waals surface area contributed by atoms with Crippen molar-refractivity contribution < 1.29 is 4.92 Å². The Labute approximate surface area is 107 Å². The highest BCUT2D eigenvalue weighted by Gasteiger charge is 2.26. The maximum absolute atomic E-state index is 10.8. The quantitative estimate of drug-likeness (QED) is 0.506. The number of benzene rings is 1. The van der Waals surface area contributed by atoms with Gasteiger partial charge in [-0.3, -0.25) is 15.0 Å². The molecule has 1 aliphatic rings. The molecule has 0 aliphatic carbocycles. The van der Waals surface area contributed by atoms with Gasteiger partial charge in [0.2, 0.25) is 0 Å². The lowest BCUT2D eigenvalue weighted by atomic mass is 10.0. The number of nitrogens with zero attached hydrogens (tertiary/aromatic N) is 2. The zero-order valence-electron chi connectivity index (χ0n) is 10.8. The molecule has 98 valence electrons. The monoisotopic (exact) mass is 249 g/mol. The normalized spacial score (nSPS) is 24.3. The number of hydrogen-bond acceptors (Lipinski definition) is 4. The predicted molar refractivity (Wildman–Crippen MR) is 71.1 cm³/mol. The second-order valence-corrected chi connectivity index (χ2v) is 5.26. The molecule has 0 amide bonds. The average Bonchev–Trinajstić information content (AvgIpc) is 2.60. The molecular weight excluding hydrogens is 230 g/mol. The van der Waals surface area contributed by atoms with Crippen LogP contribution in [0.4, 0.5) is 11.4 Å². The number of nitro benzene ring substituents is 1. The van der Waals surface area contributed by atoms with Crippen molar-refractivity contribution in [3.63, 3.8) is 0 Å². The number of anilines is 1. The highest BCUT2D eigenvalue weighted by Crippen LogP contribution is 2.29. The molecule has 0 radical (unpaired) electrons. The Morgan fingerprint density at radius 3 is 2.56 bits per heavy atom. The lowest BCUT2D eigenvalue weighted by Gasteiger charge is -2.16. The Kier molecular flexibility index (Phi) is 3.52. The van der Waals surface area contributed by atoms with E-state index in [-0.39, 0.29) is 5.69 Å². The van der Waals surface area contributed by atoms with Crippen molar-refractivity contribution in [1.29, 1.82) is 0 Å². The second kappa shape index (κ2) is 4.94. The molecule has 1 heterocycles. The zero-order valence-corrected chi connectivity index (χ0v) is 10.8. The number of likely N-dealkylation sites (tertiary alicyclic amines) is 1. The van der Waals surface area contributed by atoms with E-state index in [2.05, 4.69) is 18.7 Å². The summed E-state index contributed by atoms with van der Waals surface area (Å²) in [6, 6.07) is 5.02. The summed E-state index contributed by atoms with van der Waals surface area (Å²) < 4.78 is 0. The summed E-state index contributed by atoms with van der Waals surface area (Å²) in [6.07, 6.45) is 0. The van der Waals surface area contributed by atoms with Crippen molar-refractivity contribution in [3.05, 3.63) is 33.9 Å². The molecule has 18 heavy (non-hydrogen) atoms. The molecule has 2 unspecified atom stereocenters. The molecule has 0 saturated carbocycles. The van der Waals surface area contributed by atoms with E-state index in [0.717, 1.165) is 18.7 Å². The van der Waals surface area contributed by atoms with Gasteiger partial charge in [-0.05, 0) is 17.4 Å². The van der Waals surface area contributed by atoms with Gasteiger partial charge in [0.05, 0.1) is 4.92 Å². The van der Waals surface area contributed by atoms with E-state index in [9.17, 15) is 10.1 Å². The number of nitrogen functional groups attached to an aromatic ring is 1. The van der Waals surface area contributed by atoms with Crippen molar-refractivity contribution >= 4 is 11.4 Å². The number of para-hydroxylation sites is 1. The second-order valence-electron chi connectivity index (χ2n) is 5.26. The lowest BCUT2D eigenvalue weighted by Crippen LogP contribution is -2.21. The van der Waals surface area contributed by atoms with Crippen LogP contribution in [0.1, 0.15) is 19.4 Å². The molecule has 0 spiro atoms. The summed E-state index contributed by atoms with van der Waals surface area (Å²) in [5.41, 5.74) is 7.02. The summed E-state index contributed by atoms with van der Waals surface area (Å²) in [5, 5.41) is 10.8. The average molecular weight is 249 g/mol. The molecule has 5 heteroatoms. The molecule has 2 atom stereocenters. The van der Waals surface area contributed by atoms with Gasteiger partial charge in [0, 0.05) is 25.7 Å². The Balaban J connectivity index is 2.15. The van der Waals surface area contributed by atoms with Gasteiger partial charge in [-0.2, -0.15) is 0 Å². The van der Waals surface area contributed by atoms with Crippen LogP contribution >= 0.6 is 0 Å². The van der Waals surface area contributed by atoms with E-state index < -0.39 is 4.92 Å². The van der Waals surface area contributed by atoms with Gasteiger partial charge < -0.3 is 5.73 Å². The van der Waals surface area contributed by atoms with E-state index in [1.807, 2.05) is 6.07 Å². The van der Waals surface area contributed by atoms with Gasteiger partial charge >= 0.3 is 0 Å². The van der Waals surface area contributed by atoms with Crippen LogP contribution in [0.25, 0.3) is 0 Å². The molecule has 5 nitrogen and oxygen atoms in total. The first-order valence-corrected chi connectivity index (χ1v) is 6.23. The van der Waals surface area contributed by atoms with Crippen LogP contribution in [-0.4, -0.2) is 22.9 Å². The van der Waals surface area contributed by atoms with Crippen LogP contribution in [0.15, 0.2) is 18.2 Å². The Morgan fingerprint density at radius 1 is 1.39 bits per heavy atom. The molecule has 0 aromatic heterocycles. The van der Waals surface area contributed by atoms with E-state index in [4.69, 9.17) is 5.73 Å². The summed E-state index contributed by atoms with van der Waals surface area (Å²) in [6.45, 7) is 7.23. The topological polar surface area (TPSA) is 72.4 Å². The molecule has 1 aliphatic heterocycles. The summed E-state index contributed by atoms with van der Waals surface area (Å²) in [7, 11) is 0. The lowest BCUT2D eigenvalue weighted by molar-refractivity contribution is -0.384. The summed E-state index contributed by atoms with van der Waals surface area (Å²) in [5.74, 6) is 1.34. The summed E-state index contributed by atoms with van der Waals surface area (Å²) in [4.78, 5) is 12.7. The number of nitro groups is 1. The van der Waals surface area contributed by atoms with Crippen LogP contribution in [0.5, 0.6) is 0 Å². The van der Waals surface area contributed by atoms with Crippen LogP contribution in [0.3, 0.4) is 0 Å². The number of rotatable bonds is 3. The molecule has 2 N–H and O–H groups in total. The third-order valence-corrected chi connectivity index (χ3v) is 3.83. The van der Waals surface area contributed by atoms with E-state index >= 15 is 0 Å². The fourth-order valence-electron chi connectivity index (χ4n) is 2.52.